The highest BCUT2D eigenvalue weighted by Crippen LogP contribution is 2.38. The van der Waals surface area contributed by atoms with Crippen molar-refractivity contribution in [2.75, 3.05) is 18.2 Å². The van der Waals surface area contributed by atoms with E-state index < -0.39 is 0 Å². The number of hydrogen-bond donors (Lipinski definition) is 1. The number of rotatable bonds is 8. The first-order valence-corrected chi connectivity index (χ1v) is 10.7. The zero-order valence-corrected chi connectivity index (χ0v) is 17.2. The molecule has 28 heavy (non-hydrogen) atoms. The monoisotopic (exact) mass is 399 g/mol. The lowest BCUT2D eigenvalue weighted by molar-refractivity contribution is -0.116. The van der Waals surface area contributed by atoms with Crippen molar-refractivity contribution in [3.8, 4) is 11.5 Å². The van der Waals surface area contributed by atoms with Crippen LogP contribution in [0.3, 0.4) is 0 Å². The van der Waals surface area contributed by atoms with Crippen LogP contribution in [-0.2, 0) is 11.2 Å². The second-order valence-corrected chi connectivity index (χ2v) is 7.60. The van der Waals surface area contributed by atoms with Crippen molar-refractivity contribution < 1.29 is 19.1 Å². The van der Waals surface area contributed by atoms with Gasteiger partial charge in [-0.1, -0.05) is 12.1 Å². The van der Waals surface area contributed by atoms with Gasteiger partial charge in [-0.05, 0) is 38.3 Å². The van der Waals surface area contributed by atoms with Gasteiger partial charge in [-0.2, -0.15) is 0 Å². The van der Waals surface area contributed by atoms with E-state index in [1.165, 1.54) is 0 Å². The highest BCUT2D eigenvalue weighted by molar-refractivity contribution is 7.98. The summed E-state index contributed by atoms with van der Waals surface area (Å²) in [5.74, 6) is 1.14. The third-order valence-corrected chi connectivity index (χ3v) is 5.31. The molecule has 0 aromatic heterocycles. The summed E-state index contributed by atoms with van der Waals surface area (Å²) in [6.45, 7) is 4.41. The number of Topliss-reactive ketones (excluding diaryl/α,β-unsaturated/α-hetero) is 1. The van der Waals surface area contributed by atoms with Crippen LogP contribution in [0.4, 0.5) is 5.69 Å². The van der Waals surface area contributed by atoms with Crippen molar-refractivity contribution >= 4 is 29.1 Å². The number of hydrogen-bond acceptors (Lipinski definition) is 5. The molecule has 1 heterocycles. The van der Waals surface area contributed by atoms with Gasteiger partial charge < -0.3 is 14.8 Å². The van der Waals surface area contributed by atoms with Crippen LogP contribution >= 0.6 is 11.8 Å². The Bertz CT molecular complexity index is 864. The molecule has 0 aliphatic carbocycles. The van der Waals surface area contributed by atoms with Gasteiger partial charge in [0.15, 0.2) is 5.78 Å². The molecule has 1 aliphatic heterocycles. The number of carbonyl (C=O) groups is 2. The van der Waals surface area contributed by atoms with Crippen molar-refractivity contribution in [3.63, 3.8) is 0 Å². The van der Waals surface area contributed by atoms with Crippen LogP contribution in [0.25, 0.3) is 0 Å². The Labute approximate surface area is 169 Å². The largest absolute Gasteiger partial charge is 0.492 e. The molecule has 0 saturated carbocycles. The van der Waals surface area contributed by atoms with Crippen LogP contribution in [-0.4, -0.2) is 30.7 Å². The third-order valence-electron chi connectivity index (χ3n) is 4.56. The van der Waals surface area contributed by atoms with Gasteiger partial charge in [-0.25, -0.2) is 0 Å². The number of fused-ring (bicyclic) bond motifs is 1. The highest BCUT2D eigenvalue weighted by atomic mass is 32.2. The van der Waals surface area contributed by atoms with Gasteiger partial charge in [0, 0.05) is 41.4 Å². The minimum Gasteiger partial charge on any atom is -0.492 e. The summed E-state index contributed by atoms with van der Waals surface area (Å²) in [7, 11) is 0. The summed E-state index contributed by atoms with van der Waals surface area (Å²) < 4.78 is 11.5. The van der Waals surface area contributed by atoms with Crippen LogP contribution in [0.15, 0.2) is 41.3 Å². The zero-order chi connectivity index (χ0) is 20.1. The standard InChI is InChI=1S/C22H25NO4S/c1-4-26-21-12-16-11-14(2)27-20(16)13-18(21)23-22(25)10-9-19(24)15-5-7-17(28-3)8-6-15/h5-8,12-14H,4,9-11H2,1-3H3,(H,23,25)/t14-/m0/s1. The minimum absolute atomic E-state index is 0.0426. The van der Waals surface area contributed by atoms with Crippen molar-refractivity contribution in [3.05, 3.63) is 47.5 Å². The van der Waals surface area contributed by atoms with Gasteiger partial charge >= 0.3 is 0 Å². The van der Waals surface area contributed by atoms with Gasteiger partial charge in [0.1, 0.15) is 17.6 Å². The molecule has 148 valence electrons. The van der Waals surface area contributed by atoms with Gasteiger partial charge in [0.25, 0.3) is 0 Å². The van der Waals surface area contributed by atoms with E-state index in [0.29, 0.717) is 23.6 Å². The Morgan fingerprint density at radius 1 is 1.21 bits per heavy atom. The molecule has 0 unspecified atom stereocenters. The molecule has 1 amide bonds. The lowest BCUT2D eigenvalue weighted by Crippen LogP contribution is -2.14. The molecule has 0 saturated heterocycles. The molecule has 5 nitrogen and oxygen atoms in total. The molecule has 0 spiro atoms. The molecule has 6 heteroatoms. The number of nitrogens with one attached hydrogen (secondary N) is 1. The lowest BCUT2D eigenvalue weighted by atomic mass is 10.1. The number of thioether (sulfide) groups is 1. The fourth-order valence-electron chi connectivity index (χ4n) is 3.17. The molecule has 1 aliphatic rings. The minimum atomic E-state index is -0.221. The van der Waals surface area contributed by atoms with E-state index in [1.807, 2.05) is 44.4 Å². The number of ketones is 1. The number of ether oxygens (including phenoxy) is 2. The number of amides is 1. The first-order chi connectivity index (χ1) is 13.5. The van der Waals surface area contributed by atoms with Gasteiger partial charge in [-0.3, -0.25) is 9.59 Å². The van der Waals surface area contributed by atoms with Crippen molar-refractivity contribution in [2.24, 2.45) is 0 Å². The second-order valence-electron chi connectivity index (χ2n) is 6.72. The van der Waals surface area contributed by atoms with E-state index in [1.54, 1.807) is 23.9 Å². The SMILES string of the molecule is CCOc1cc2c(cc1NC(=O)CCC(=O)c1ccc(SC)cc1)O[C@@H](C)C2. The molecule has 3 rings (SSSR count). The predicted molar refractivity (Wildman–Crippen MR) is 112 cm³/mol. The summed E-state index contributed by atoms with van der Waals surface area (Å²) in [6, 6.07) is 11.2. The molecular weight excluding hydrogens is 374 g/mol. The fraction of sp³-hybridized carbons (Fsp3) is 0.364. The van der Waals surface area contributed by atoms with Crippen LogP contribution in [0.5, 0.6) is 11.5 Å². The molecule has 2 aromatic carbocycles. The van der Waals surface area contributed by atoms with Crippen molar-refractivity contribution in [1.29, 1.82) is 0 Å². The Morgan fingerprint density at radius 2 is 1.96 bits per heavy atom. The summed E-state index contributed by atoms with van der Waals surface area (Å²) in [5, 5.41) is 2.87. The van der Waals surface area contributed by atoms with Crippen LogP contribution in [0, 0.1) is 0 Å². The van der Waals surface area contributed by atoms with Crippen LogP contribution in [0.2, 0.25) is 0 Å². The molecule has 0 radical (unpaired) electrons. The van der Waals surface area contributed by atoms with Crippen LogP contribution in [0.1, 0.15) is 42.6 Å². The molecule has 1 atom stereocenters. The predicted octanol–water partition coefficient (Wildman–Crippen LogP) is 4.73. The Balaban J connectivity index is 1.62. The van der Waals surface area contributed by atoms with E-state index in [4.69, 9.17) is 9.47 Å². The van der Waals surface area contributed by atoms with Crippen molar-refractivity contribution in [2.45, 2.75) is 44.1 Å². The average Bonchev–Trinajstić information content (AvgIpc) is 3.05. The Hall–Kier alpha value is -2.47. The van der Waals surface area contributed by atoms with E-state index in [0.717, 1.165) is 22.6 Å². The summed E-state index contributed by atoms with van der Waals surface area (Å²) >= 11 is 1.62. The third kappa shape index (κ3) is 4.87. The zero-order valence-electron chi connectivity index (χ0n) is 16.4. The van der Waals surface area contributed by atoms with E-state index >= 15 is 0 Å². The molecule has 0 fully saturated rings. The van der Waals surface area contributed by atoms with Gasteiger partial charge in [0.2, 0.25) is 5.91 Å². The lowest BCUT2D eigenvalue weighted by Gasteiger charge is -2.13. The van der Waals surface area contributed by atoms with Gasteiger partial charge in [-0.15, -0.1) is 11.8 Å². The maximum Gasteiger partial charge on any atom is 0.224 e. The summed E-state index contributed by atoms with van der Waals surface area (Å²) in [4.78, 5) is 25.8. The topological polar surface area (TPSA) is 64.6 Å². The number of carbonyl (C=O) groups excluding carboxylic acids is 2. The van der Waals surface area contributed by atoms with Gasteiger partial charge in [0.05, 0.1) is 12.3 Å². The maximum absolute atomic E-state index is 12.4. The van der Waals surface area contributed by atoms with E-state index in [-0.39, 0.29) is 30.6 Å². The van der Waals surface area contributed by atoms with E-state index in [9.17, 15) is 9.59 Å². The summed E-state index contributed by atoms with van der Waals surface area (Å²) in [6.07, 6.45) is 3.21. The van der Waals surface area contributed by atoms with Crippen molar-refractivity contribution in [1.82, 2.24) is 0 Å². The number of anilines is 1. The fourth-order valence-corrected chi connectivity index (χ4v) is 3.58. The Morgan fingerprint density at radius 3 is 2.64 bits per heavy atom. The molecule has 2 aromatic rings. The Kier molecular flexibility index (Phi) is 6.62. The molecular formula is C22H25NO4S. The summed E-state index contributed by atoms with van der Waals surface area (Å²) in [5.41, 5.74) is 2.29. The normalized spacial score (nSPS) is 14.9. The van der Waals surface area contributed by atoms with Crippen LogP contribution < -0.4 is 14.8 Å². The molecule has 1 N–H and O–H groups in total. The first kappa shape index (κ1) is 20.3. The number of benzene rings is 2. The highest BCUT2D eigenvalue weighted by Gasteiger charge is 2.22. The first-order valence-electron chi connectivity index (χ1n) is 9.43. The maximum atomic E-state index is 12.4. The molecule has 0 bridgehead atoms. The average molecular weight is 400 g/mol. The smallest absolute Gasteiger partial charge is 0.224 e. The van der Waals surface area contributed by atoms with E-state index in [2.05, 4.69) is 5.32 Å². The quantitative estimate of drug-likeness (QED) is 0.513. The second kappa shape index (κ2) is 9.15.